The topological polar surface area (TPSA) is 69.6 Å². The molecule has 3 aromatic carbocycles. The number of amides is 1. The molecule has 0 bridgehead atoms. The van der Waals surface area contributed by atoms with E-state index in [2.05, 4.69) is 24.3 Å². The highest BCUT2D eigenvalue weighted by Gasteiger charge is 2.20. The standard InChI is InChI=1S/C23H25NO3/c25-21-16-15-18-11-7-8-13-20(18)23(21)19(17-9-3-1-4-10-17)12-5-2-6-14-22(26)24-27/h1,3-4,7-11,13,15-16,19,25,27H,2,5-6,12,14H2,(H,24,26). The van der Waals surface area contributed by atoms with Gasteiger partial charge in [0.25, 0.3) is 0 Å². The van der Waals surface area contributed by atoms with Gasteiger partial charge in [-0.3, -0.25) is 10.0 Å². The van der Waals surface area contributed by atoms with E-state index in [4.69, 9.17) is 5.21 Å². The average molecular weight is 363 g/mol. The fraction of sp³-hybridized carbons (Fsp3) is 0.261. The predicted octanol–water partition coefficient (Wildman–Crippen LogP) is 5.13. The van der Waals surface area contributed by atoms with Gasteiger partial charge in [0.05, 0.1) is 0 Å². The zero-order valence-electron chi connectivity index (χ0n) is 15.3. The van der Waals surface area contributed by atoms with Gasteiger partial charge in [-0.05, 0) is 35.2 Å². The maximum atomic E-state index is 11.1. The molecule has 0 aliphatic carbocycles. The Kier molecular flexibility index (Phi) is 6.44. The lowest BCUT2D eigenvalue weighted by atomic mass is 9.83. The van der Waals surface area contributed by atoms with Crippen molar-refractivity contribution in [3.63, 3.8) is 0 Å². The summed E-state index contributed by atoms with van der Waals surface area (Å²) in [5.74, 6) is 0.0625. The SMILES string of the molecule is O=C(CCCCCC(c1ccccc1)c1c(O)ccc2ccccc12)NO. The largest absolute Gasteiger partial charge is 0.508 e. The summed E-state index contributed by atoms with van der Waals surface area (Å²) in [5.41, 5.74) is 3.82. The van der Waals surface area contributed by atoms with Gasteiger partial charge < -0.3 is 5.11 Å². The van der Waals surface area contributed by atoms with Crippen LogP contribution in [0.25, 0.3) is 10.8 Å². The van der Waals surface area contributed by atoms with Crippen molar-refractivity contribution >= 4 is 16.7 Å². The van der Waals surface area contributed by atoms with Crippen LogP contribution < -0.4 is 5.48 Å². The highest BCUT2D eigenvalue weighted by Crippen LogP contribution is 2.39. The van der Waals surface area contributed by atoms with E-state index in [0.29, 0.717) is 12.2 Å². The predicted molar refractivity (Wildman–Crippen MR) is 107 cm³/mol. The summed E-state index contributed by atoms with van der Waals surface area (Å²) in [6.45, 7) is 0. The van der Waals surface area contributed by atoms with Crippen LogP contribution in [-0.4, -0.2) is 16.2 Å². The maximum absolute atomic E-state index is 11.1. The van der Waals surface area contributed by atoms with E-state index in [0.717, 1.165) is 42.0 Å². The minimum absolute atomic E-state index is 0.0870. The highest BCUT2D eigenvalue weighted by molar-refractivity contribution is 5.88. The number of carbonyl (C=O) groups excluding carboxylic acids is 1. The number of rotatable bonds is 8. The Morgan fingerprint density at radius 1 is 0.889 bits per heavy atom. The summed E-state index contributed by atoms with van der Waals surface area (Å²) in [6.07, 6.45) is 3.76. The highest BCUT2D eigenvalue weighted by atomic mass is 16.5. The van der Waals surface area contributed by atoms with Gasteiger partial charge in [0, 0.05) is 17.9 Å². The number of hydrogen-bond donors (Lipinski definition) is 3. The quantitative estimate of drug-likeness (QED) is 0.295. The lowest BCUT2D eigenvalue weighted by Crippen LogP contribution is -2.17. The van der Waals surface area contributed by atoms with Crippen LogP contribution in [0.2, 0.25) is 0 Å². The summed E-state index contributed by atoms with van der Waals surface area (Å²) < 4.78 is 0. The molecule has 4 nitrogen and oxygen atoms in total. The van der Waals surface area contributed by atoms with Gasteiger partial charge in [0.2, 0.25) is 5.91 Å². The second kappa shape index (κ2) is 9.19. The number of unbranched alkanes of at least 4 members (excludes halogenated alkanes) is 2. The van der Waals surface area contributed by atoms with E-state index in [-0.39, 0.29) is 11.8 Å². The van der Waals surface area contributed by atoms with Gasteiger partial charge in [-0.25, -0.2) is 5.48 Å². The van der Waals surface area contributed by atoms with Gasteiger partial charge in [-0.2, -0.15) is 0 Å². The first-order chi connectivity index (χ1) is 13.2. The van der Waals surface area contributed by atoms with Crippen LogP contribution in [-0.2, 0) is 4.79 Å². The van der Waals surface area contributed by atoms with Crippen LogP contribution in [0.4, 0.5) is 0 Å². The number of aromatic hydroxyl groups is 1. The third-order valence-electron chi connectivity index (χ3n) is 5.02. The van der Waals surface area contributed by atoms with Gasteiger partial charge >= 0.3 is 0 Å². The van der Waals surface area contributed by atoms with E-state index >= 15 is 0 Å². The molecule has 0 fully saturated rings. The summed E-state index contributed by atoms with van der Waals surface area (Å²) in [7, 11) is 0. The molecule has 0 saturated carbocycles. The molecule has 3 rings (SSSR count). The normalized spacial score (nSPS) is 12.0. The summed E-state index contributed by atoms with van der Waals surface area (Å²) in [4.78, 5) is 11.1. The average Bonchev–Trinajstić information content (AvgIpc) is 2.72. The molecule has 4 heteroatoms. The Morgan fingerprint density at radius 3 is 2.41 bits per heavy atom. The Bertz CT molecular complexity index is 893. The molecule has 27 heavy (non-hydrogen) atoms. The third-order valence-corrected chi connectivity index (χ3v) is 5.02. The van der Waals surface area contributed by atoms with Crippen LogP contribution in [0.5, 0.6) is 5.75 Å². The number of phenols is 1. The van der Waals surface area contributed by atoms with Crippen LogP contribution in [0.3, 0.4) is 0 Å². The van der Waals surface area contributed by atoms with Crippen LogP contribution >= 0.6 is 0 Å². The van der Waals surface area contributed by atoms with Crippen molar-refractivity contribution in [3.05, 3.63) is 77.9 Å². The maximum Gasteiger partial charge on any atom is 0.243 e. The lowest BCUT2D eigenvalue weighted by molar-refractivity contribution is -0.129. The Hall–Kier alpha value is -2.85. The second-order valence-electron chi connectivity index (χ2n) is 6.82. The number of phenolic OH excluding ortho intramolecular Hbond substituents is 1. The Balaban J connectivity index is 1.86. The number of fused-ring (bicyclic) bond motifs is 1. The second-order valence-corrected chi connectivity index (χ2v) is 6.82. The molecule has 0 spiro atoms. The molecule has 0 heterocycles. The minimum atomic E-state index is -0.346. The van der Waals surface area contributed by atoms with Crippen molar-refractivity contribution in [1.29, 1.82) is 0 Å². The molecule has 1 unspecified atom stereocenters. The van der Waals surface area contributed by atoms with Gasteiger partial charge in [-0.1, -0.05) is 73.5 Å². The van der Waals surface area contributed by atoms with E-state index < -0.39 is 0 Å². The smallest absolute Gasteiger partial charge is 0.243 e. The van der Waals surface area contributed by atoms with E-state index in [1.54, 1.807) is 11.5 Å². The van der Waals surface area contributed by atoms with Crippen LogP contribution in [0.1, 0.15) is 49.1 Å². The van der Waals surface area contributed by atoms with Crippen LogP contribution in [0, 0.1) is 0 Å². The first-order valence-corrected chi connectivity index (χ1v) is 9.39. The summed E-state index contributed by atoms with van der Waals surface area (Å²) in [5, 5.41) is 21.4. The van der Waals surface area contributed by atoms with E-state index in [9.17, 15) is 9.90 Å². The zero-order valence-corrected chi connectivity index (χ0v) is 15.3. The molecule has 140 valence electrons. The minimum Gasteiger partial charge on any atom is -0.508 e. The third kappa shape index (κ3) is 4.66. The molecular weight excluding hydrogens is 338 g/mol. The Labute approximate surface area is 159 Å². The molecule has 3 aromatic rings. The molecule has 0 saturated heterocycles. The Morgan fingerprint density at radius 2 is 1.63 bits per heavy atom. The molecule has 0 radical (unpaired) electrons. The van der Waals surface area contributed by atoms with Crippen molar-refractivity contribution in [2.75, 3.05) is 0 Å². The first kappa shape index (κ1) is 18.9. The lowest BCUT2D eigenvalue weighted by Gasteiger charge is -2.21. The molecule has 0 aliphatic heterocycles. The van der Waals surface area contributed by atoms with Crippen molar-refractivity contribution in [2.45, 2.75) is 38.0 Å². The number of hydrogen-bond acceptors (Lipinski definition) is 3. The van der Waals surface area contributed by atoms with Gasteiger partial charge in [0.1, 0.15) is 5.75 Å². The summed E-state index contributed by atoms with van der Waals surface area (Å²) >= 11 is 0. The molecule has 1 atom stereocenters. The zero-order chi connectivity index (χ0) is 19.1. The fourth-order valence-electron chi connectivity index (χ4n) is 3.68. The molecular formula is C23H25NO3. The molecule has 1 amide bonds. The molecule has 0 aromatic heterocycles. The number of nitrogens with one attached hydrogen (secondary N) is 1. The van der Waals surface area contributed by atoms with E-state index in [1.807, 2.05) is 36.4 Å². The number of hydroxylamine groups is 1. The number of carbonyl (C=O) groups is 1. The van der Waals surface area contributed by atoms with Crippen molar-refractivity contribution < 1.29 is 15.1 Å². The molecule has 0 aliphatic rings. The first-order valence-electron chi connectivity index (χ1n) is 9.39. The van der Waals surface area contributed by atoms with Crippen molar-refractivity contribution in [2.24, 2.45) is 0 Å². The summed E-state index contributed by atoms with van der Waals surface area (Å²) in [6, 6.07) is 22.1. The van der Waals surface area contributed by atoms with Gasteiger partial charge in [0.15, 0.2) is 0 Å². The van der Waals surface area contributed by atoms with Crippen molar-refractivity contribution in [1.82, 2.24) is 5.48 Å². The van der Waals surface area contributed by atoms with Gasteiger partial charge in [-0.15, -0.1) is 0 Å². The van der Waals surface area contributed by atoms with Crippen molar-refractivity contribution in [3.8, 4) is 5.75 Å². The van der Waals surface area contributed by atoms with E-state index in [1.165, 1.54) is 5.56 Å². The monoisotopic (exact) mass is 363 g/mol. The number of benzene rings is 3. The molecule has 3 N–H and O–H groups in total. The van der Waals surface area contributed by atoms with Crippen LogP contribution in [0.15, 0.2) is 66.7 Å². The fourth-order valence-corrected chi connectivity index (χ4v) is 3.68.